The Balaban J connectivity index is 1.79. The summed E-state index contributed by atoms with van der Waals surface area (Å²) in [4.78, 5) is 27.4. The molecule has 1 aliphatic carbocycles. The molecule has 2 fully saturated rings. The molecule has 1 amide bonds. The number of aromatic amines is 1. The highest BCUT2D eigenvalue weighted by molar-refractivity contribution is 5.96. The van der Waals surface area contributed by atoms with Crippen molar-refractivity contribution in [2.45, 2.75) is 18.9 Å². The van der Waals surface area contributed by atoms with Gasteiger partial charge in [0.2, 0.25) is 0 Å². The number of likely N-dealkylation sites (tertiary alicyclic amines) is 1. The topological polar surface area (TPSA) is 99.4 Å². The summed E-state index contributed by atoms with van der Waals surface area (Å²) in [6, 6.07) is 1.03. The molecule has 1 aliphatic heterocycles. The van der Waals surface area contributed by atoms with Crippen LogP contribution >= 0.6 is 0 Å². The third kappa shape index (κ3) is 2.23. The first kappa shape index (κ1) is 12.2. The Morgan fingerprint density at radius 2 is 2.16 bits per heavy atom. The molecule has 1 saturated carbocycles. The second-order valence-electron chi connectivity index (χ2n) is 5.47. The van der Waals surface area contributed by atoms with Crippen LogP contribution in [0.1, 0.15) is 23.2 Å². The van der Waals surface area contributed by atoms with Crippen molar-refractivity contribution in [1.82, 2.24) is 9.88 Å². The molecule has 0 bridgehead atoms. The lowest BCUT2D eigenvalue weighted by molar-refractivity contribution is 0.0781. The molecule has 0 spiro atoms. The zero-order chi connectivity index (χ0) is 13.6. The minimum atomic E-state index is -0.428. The first-order valence-corrected chi connectivity index (χ1v) is 6.53. The molecule has 2 aliphatic rings. The number of H-pyrrole nitrogens is 1. The van der Waals surface area contributed by atoms with Gasteiger partial charge in [-0.1, -0.05) is 0 Å². The highest BCUT2D eigenvalue weighted by Gasteiger charge is 2.42. The Morgan fingerprint density at radius 1 is 1.42 bits per heavy atom. The number of rotatable bonds is 2. The van der Waals surface area contributed by atoms with Gasteiger partial charge < -0.3 is 20.7 Å². The van der Waals surface area contributed by atoms with E-state index in [0.29, 0.717) is 24.9 Å². The van der Waals surface area contributed by atoms with Crippen LogP contribution in [0.5, 0.6) is 5.75 Å². The summed E-state index contributed by atoms with van der Waals surface area (Å²) >= 11 is 0. The molecule has 6 nitrogen and oxygen atoms in total. The number of hydrogen-bond donors (Lipinski definition) is 3. The smallest absolute Gasteiger partial charge is 0.259 e. The maximum absolute atomic E-state index is 12.3. The molecule has 2 heterocycles. The standard InChI is InChI=1S/C13H17N3O3/c14-10-6-16(5-9(10)7-1-2-7)13(19)8-4-15-12(18)3-11(8)17/h3-4,7,9-10H,1-2,5-6,14H2,(H2,15,17,18)/t9-,10+/m0/s1. The zero-order valence-corrected chi connectivity index (χ0v) is 10.5. The molecule has 1 aromatic heterocycles. The number of nitrogens with one attached hydrogen (secondary N) is 1. The van der Waals surface area contributed by atoms with Crippen LogP contribution < -0.4 is 11.3 Å². The van der Waals surface area contributed by atoms with Gasteiger partial charge in [0.05, 0.1) is 5.56 Å². The Labute approximate surface area is 110 Å². The third-order valence-corrected chi connectivity index (χ3v) is 4.06. The molecule has 1 saturated heterocycles. The number of aromatic nitrogens is 1. The van der Waals surface area contributed by atoms with Gasteiger partial charge in [0, 0.05) is 31.4 Å². The van der Waals surface area contributed by atoms with Crippen LogP contribution in [-0.2, 0) is 0 Å². The summed E-state index contributed by atoms with van der Waals surface area (Å²) in [5, 5.41) is 9.68. The maximum Gasteiger partial charge on any atom is 0.259 e. The SMILES string of the molecule is N[C@@H]1CN(C(=O)c2c[nH]c(=O)cc2O)C[C@H]1C1CC1. The van der Waals surface area contributed by atoms with Crippen molar-refractivity contribution in [3.8, 4) is 5.75 Å². The number of carbonyl (C=O) groups excluding carboxylic acids is 1. The molecule has 0 aromatic carbocycles. The Kier molecular flexibility index (Phi) is 2.82. The van der Waals surface area contributed by atoms with E-state index in [1.807, 2.05) is 0 Å². The molecule has 0 radical (unpaired) electrons. The van der Waals surface area contributed by atoms with Gasteiger partial charge in [-0.15, -0.1) is 0 Å². The van der Waals surface area contributed by atoms with E-state index in [0.717, 1.165) is 6.07 Å². The van der Waals surface area contributed by atoms with Crippen molar-refractivity contribution in [3.63, 3.8) is 0 Å². The van der Waals surface area contributed by atoms with Crippen molar-refractivity contribution in [3.05, 3.63) is 28.2 Å². The predicted octanol–water partition coefficient (Wildman–Crippen LogP) is -0.110. The molecular formula is C13H17N3O3. The van der Waals surface area contributed by atoms with E-state index in [9.17, 15) is 14.7 Å². The van der Waals surface area contributed by atoms with Gasteiger partial charge >= 0.3 is 0 Å². The fraction of sp³-hybridized carbons (Fsp3) is 0.538. The summed E-state index contributed by atoms with van der Waals surface area (Å²) in [6.45, 7) is 1.15. The summed E-state index contributed by atoms with van der Waals surface area (Å²) in [5.74, 6) is 0.468. The third-order valence-electron chi connectivity index (χ3n) is 4.06. The van der Waals surface area contributed by atoms with Crippen LogP contribution in [0.25, 0.3) is 0 Å². The highest BCUT2D eigenvalue weighted by atomic mass is 16.3. The maximum atomic E-state index is 12.3. The average molecular weight is 263 g/mol. The quantitative estimate of drug-likeness (QED) is 0.693. The normalized spacial score (nSPS) is 26.7. The fourth-order valence-electron chi connectivity index (χ4n) is 2.85. The van der Waals surface area contributed by atoms with Gasteiger partial charge in [-0.3, -0.25) is 9.59 Å². The lowest BCUT2D eigenvalue weighted by Gasteiger charge is -2.16. The number of carbonyl (C=O) groups is 1. The van der Waals surface area contributed by atoms with Gasteiger partial charge in [-0.2, -0.15) is 0 Å². The molecule has 0 unspecified atom stereocenters. The van der Waals surface area contributed by atoms with Crippen molar-refractivity contribution in [2.24, 2.45) is 17.6 Å². The van der Waals surface area contributed by atoms with Crippen LogP contribution in [0.2, 0.25) is 0 Å². The molecule has 19 heavy (non-hydrogen) atoms. The summed E-state index contributed by atoms with van der Waals surface area (Å²) in [5.41, 5.74) is 5.77. The molecule has 2 atom stereocenters. The van der Waals surface area contributed by atoms with E-state index in [1.165, 1.54) is 19.0 Å². The molecule has 3 rings (SSSR count). The largest absolute Gasteiger partial charge is 0.507 e. The van der Waals surface area contributed by atoms with Crippen LogP contribution in [0.15, 0.2) is 17.1 Å². The second kappa shape index (κ2) is 4.38. The summed E-state index contributed by atoms with van der Waals surface area (Å²) < 4.78 is 0. The minimum Gasteiger partial charge on any atom is -0.507 e. The van der Waals surface area contributed by atoms with Crippen LogP contribution in [0, 0.1) is 11.8 Å². The molecule has 1 aromatic rings. The second-order valence-corrected chi connectivity index (χ2v) is 5.47. The number of nitrogens with zero attached hydrogens (tertiary/aromatic N) is 1. The van der Waals surface area contributed by atoms with Crippen LogP contribution in [-0.4, -0.2) is 40.0 Å². The fourth-order valence-corrected chi connectivity index (χ4v) is 2.85. The van der Waals surface area contributed by atoms with Gasteiger partial charge in [0.25, 0.3) is 11.5 Å². The van der Waals surface area contributed by atoms with E-state index in [-0.39, 0.29) is 23.3 Å². The molecule has 102 valence electrons. The molecular weight excluding hydrogens is 246 g/mol. The number of aromatic hydroxyl groups is 1. The zero-order valence-electron chi connectivity index (χ0n) is 10.5. The van der Waals surface area contributed by atoms with Gasteiger partial charge in [0.15, 0.2) is 0 Å². The Bertz CT molecular complexity index is 564. The van der Waals surface area contributed by atoms with Crippen molar-refractivity contribution in [1.29, 1.82) is 0 Å². The number of hydrogen-bond acceptors (Lipinski definition) is 4. The highest BCUT2D eigenvalue weighted by Crippen LogP contribution is 2.41. The van der Waals surface area contributed by atoms with Crippen LogP contribution in [0.3, 0.4) is 0 Å². The van der Waals surface area contributed by atoms with E-state index >= 15 is 0 Å². The van der Waals surface area contributed by atoms with Crippen molar-refractivity contribution in [2.75, 3.05) is 13.1 Å². The monoisotopic (exact) mass is 263 g/mol. The van der Waals surface area contributed by atoms with E-state index in [2.05, 4.69) is 4.98 Å². The number of amides is 1. The average Bonchev–Trinajstić information content (AvgIpc) is 3.12. The number of nitrogens with two attached hydrogens (primary N) is 1. The lowest BCUT2D eigenvalue weighted by Crippen LogP contribution is -2.32. The van der Waals surface area contributed by atoms with Crippen LogP contribution in [0.4, 0.5) is 0 Å². The number of pyridine rings is 1. The van der Waals surface area contributed by atoms with E-state index < -0.39 is 5.56 Å². The van der Waals surface area contributed by atoms with Gasteiger partial charge in [-0.05, 0) is 24.7 Å². The van der Waals surface area contributed by atoms with Crippen molar-refractivity contribution >= 4 is 5.91 Å². The van der Waals surface area contributed by atoms with E-state index in [4.69, 9.17) is 5.73 Å². The van der Waals surface area contributed by atoms with Crippen molar-refractivity contribution < 1.29 is 9.90 Å². The minimum absolute atomic E-state index is 0.0151. The molecule has 4 N–H and O–H groups in total. The lowest BCUT2D eigenvalue weighted by atomic mass is 9.99. The first-order chi connectivity index (χ1) is 9.06. The van der Waals surface area contributed by atoms with E-state index in [1.54, 1.807) is 4.90 Å². The molecule has 6 heteroatoms. The Morgan fingerprint density at radius 3 is 2.79 bits per heavy atom. The predicted molar refractivity (Wildman–Crippen MR) is 68.8 cm³/mol. The Hall–Kier alpha value is -1.82. The summed E-state index contributed by atoms with van der Waals surface area (Å²) in [6.07, 6.45) is 3.66. The first-order valence-electron chi connectivity index (χ1n) is 6.53. The van der Waals surface area contributed by atoms with Gasteiger partial charge in [-0.25, -0.2) is 0 Å². The summed E-state index contributed by atoms with van der Waals surface area (Å²) in [7, 11) is 0. The van der Waals surface area contributed by atoms with Gasteiger partial charge in [0.1, 0.15) is 5.75 Å².